The topological polar surface area (TPSA) is 106 Å². The number of ketones is 1. The summed E-state index contributed by atoms with van der Waals surface area (Å²) in [6.45, 7) is 0. The molecule has 0 aliphatic heterocycles. The number of nitrogens with two attached hydrogens (primary N) is 1. The van der Waals surface area contributed by atoms with Crippen molar-refractivity contribution < 1.29 is 18.7 Å². The molecule has 118 valence electrons. The van der Waals surface area contributed by atoms with Crippen LogP contribution in [-0.4, -0.2) is 18.8 Å². The van der Waals surface area contributed by atoms with Crippen molar-refractivity contribution in [3.05, 3.63) is 54.0 Å². The SMILES string of the molecule is COc1ccc(C(=O)CC(c2ccco2)C(C#N)C(N)=O)cc1. The van der Waals surface area contributed by atoms with Gasteiger partial charge in [-0.3, -0.25) is 9.59 Å². The van der Waals surface area contributed by atoms with Crippen LogP contribution in [0, 0.1) is 17.2 Å². The Hall–Kier alpha value is -3.07. The van der Waals surface area contributed by atoms with Crippen LogP contribution in [0.4, 0.5) is 0 Å². The number of rotatable bonds is 7. The average Bonchev–Trinajstić information content (AvgIpc) is 3.08. The molecule has 6 heteroatoms. The molecule has 1 aromatic carbocycles. The van der Waals surface area contributed by atoms with Crippen molar-refractivity contribution in [1.29, 1.82) is 5.26 Å². The first-order chi connectivity index (χ1) is 11.1. The highest BCUT2D eigenvalue weighted by Gasteiger charge is 2.32. The molecule has 2 N–H and O–H groups in total. The molecule has 0 aliphatic rings. The number of carbonyl (C=O) groups excluding carboxylic acids is 2. The molecule has 0 saturated heterocycles. The number of hydrogen-bond donors (Lipinski definition) is 1. The zero-order valence-corrected chi connectivity index (χ0v) is 12.6. The van der Waals surface area contributed by atoms with Gasteiger partial charge in [0.1, 0.15) is 17.4 Å². The lowest BCUT2D eigenvalue weighted by molar-refractivity contribution is -0.120. The van der Waals surface area contributed by atoms with Gasteiger partial charge in [-0.15, -0.1) is 0 Å². The van der Waals surface area contributed by atoms with Crippen LogP contribution in [0.1, 0.15) is 28.5 Å². The third-order valence-corrected chi connectivity index (χ3v) is 3.57. The van der Waals surface area contributed by atoms with E-state index in [4.69, 9.17) is 14.9 Å². The second kappa shape index (κ2) is 7.27. The Morgan fingerprint density at radius 1 is 1.30 bits per heavy atom. The van der Waals surface area contributed by atoms with Crippen LogP contribution < -0.4 is 10.5 Å². The monoisotopic (exact) mass is 312 g/mol. The maximum Gasteiger partial charge on any atom is 0.235 e. The molecule has 0 spiro atoms. The molecule has 23 heavy (non-hydrogen) atoms. The van der Waals surface area contributed by atoms with Crippen LogP contribution >= 0.6 is 0 Å². The minimum Gasteiger partial charge on any atom is -0.497 e. The van der Waals surface area contributed by atoms with Gasteiger partial charge in [0.25, 0.3) is 0 Å². The van der Waals surface area contributed by atoms with Crippen molar-refractivity contribution in [3.63, 3.8) is 0 Å². The number of ether oxygens (including phenoxy) is 1. The predicted molar refractivity (Wildman–Crippen MR) is 81.7 cm³/mol. The average molecular weight is 312 g/mol. The molecule has 2 rings (SSSR count). The van der Waals surface area contributed by atoms with E-state index in [1.165, 1.54) is 13.4 Å². The molecule has 1 heterocycles. The summed E-state index contributed by atoms with van der Waals surface area (Å²) < 4.78 is 10.3. The number of hydrogen-bond acceptors (Lipinski definition) is 5. The molecular weight excluding hydrogens is 296 g/mol. The lowest BCUT2D eigenvalue weighted by Gasteiger charge is -2.17. The fraction of sp³-hybridized carbons (Fsp3) is 0.235. The van der Waals surface area contributed by atoms with E-state index in [9.17, 15) is 14.9 Å². The van der Waals surface area contributed by atoms with Crippen molar-refractivity contribution in [2.24, 2.45) is 11.7 Å². The normalized spacial score (nSPS) is 12.9. The molecule has 6 nitrogen and oxygen atoms in total. The fourth-order valence-electron chi connectivity index (χ4n) is 2.33. The summed E-state index contributed by atoms with van der Waals surface area (Å²) in [5.41, 5.74) is 5.74. The Balaban J connectivity index is 2.25. The quantitative estimate of drug-likeness (QED) is 0.789. The largest absolute Gasteiger partial charge is 0.497 e. The highest BCUT2D eigenvalue weighted by atomic mass is 16.5. The van der Waals surface area contributed by atoms with Gasteiger partial charge in [-0.1, -0.05) is 0 Å². The predicted octanol–water partition coefficient (Wildman–Crippen LogP) is 2.27. The van der Waals surface area contributed by atoms with Crippen LogP contribution in [0.5, 0.6) is 5.75 Å². The van der Waals surface area contributed by atoms with Gasteiger partial charge in [0.05, 0.1) is 19.4 Å². The number of primary amides is 1. The standard InChI is InChI=1S/C17H16N2O4/c1-22-12-6-4-11(5-7-12)15(20)9-13(14(10-18)17(19)21)16-3-2-8-23-16/h2-8,13-14H,9H2,1H3,(H2,19,21). The van der Waals surface area contributed by atoms with E-state index in [2.05, 4.69) is 0 Å². The number of nitrogens with zero attached hydrogens (tertiary/aromatic N) is 1. The molecule has 0 aliphatic carbocycles. The number of Topliss-reactive ketones (excluding diaryl/α,β-unsaturated/α-hetero) is 1. The summed E-state index contributed by atoms with van der Waals surface area (Å²) in [4.78, 5) is 23.9. The second-order valence-corrected chi connectivity index (χ2v) is 4.99. The van der Waals surface area contributed by atoms with Gasteiger partial charge in [0.2, 0.25) is 5.91 Å². The Labute approximate surface area is 133 Å². The number of amides is 1. The smallest absolute Gasteiger partial charge is 0.235 e. The zero-order valence-electron chi connectivity index (χ0n) is 12.6. The molecule has 0 saturated carbocycles. The number of furan rings is 1. The lowest BCUT2D eigenvalue weighted by atomic mass is 9.85. The summed E-state index contributed by atoms with van der Waals surface area (Å²) >= 11 is 0. The van der Waals surface area contributed by atoms with E-state index in [-0.39, 0.29) is 12.2 Å². The summed E-state index contributed by atoms with van der Waals surface area (Å²) in [5, 5.41) is 9.20. The van der Waals surface area contributed by atoms with Gasteiger partial charge in [0, 0.05) is 17.9 Å². The van der Waals surface area contributed by atoms with Gasteiger partial charge in [-0.25, -0.2) is 0 Å². The Bertz CT molecular complexity index is 714. The molecule has 2 unspecified atom stereocenters. The van der Waals surface area contributed by atoms with Crippen LogP contribution in [-0.2, 0) is 4.79 Å². The maximum atomic E-state index is 12.4. The Morgan fingerprint density at radius 3 is 2.48 bits per heavy atom. The van der Waals surface area contributed by atoms with Crippen molar-refractivity contribution in [2.75, 3.05) is 7.11 Å². The van der Waals surface area contributed by atoms with Gasteiger partial charge >= 0.3 is 0 Å². The van der Waals surface area contributed by atoms with Crippen molar-refractivity contribution >= 4 is 11.7 Å². The fourth-order valence-corrected chi connectivity index (χ4v) is 2.33. The Kier molecular flexibility index (Phi) is 5.15. The molecule has 2 aromatic rings. The number of benzene rings is 1. The van der Waals surface area contributed by atoms with E-state index in [1.807, 2.05) is 6.07 Å². The summed E-state index contributed by atoms with van der Waals surface area (Å²) in [6.07, 6.45) is 1.37. The third-order valence-electron chi connectivity index (χ3n) is 3.57. The zero-order chi connectivity index (χ0) is 16.8. The van der Waals surface area contributed by atoms with Gasteiger partial charge in [-0.2, -0.15) is 5.26 Å². The van der Waals surface area contributed by atoms with Crippen LogP contribution in [0.15, 0.2) is 47.1 Å². The van der Waals surface area contributed by atoms with Crippen LogP contribution in [0.2, 0.25) is 0 Å². The first kappa shape index (κ1) is 16.3. The first-order valence-corrected chi connectivity index (χ1v) is 6.96. The van der Waals surface area contributed by atoms with Gasteiger partial charge in [0.15, 0.2) is 5.78 Å². The summed E-state index contributed by atoms with van der Waals surface area (Å²) in [7, 11) is 1.54. The lowest BCUT2D eigenvalue weighted by Crippen LogP contribution is -2.29. The van der Waals surface area contributed by atoms with Crippen molar-refractivity contribution in [3.8, 4) is 11.8 Å². The molecule has 0 bridgehead atoms. The summed E-state index contributed by atoms with van der Waals surface area (Å²) in [6, 6.07) is 11.7. The van der Waals surface area contributed by atoms with Crippen molar-refractivity contribution in [2.45, 2.75) is 12.3 Å². The highest BCUT2D eigenvalue weighted by molar-refractivity contribution is 5.97. The summed E-state index contributed by atoms with van der Waals surface area (Å²) in [5.74, 6) is -1.83. The number of carbonyl (C=O) groups is 2. The minimum absolute atomic E-state index is 0.0546. The number of nitriles is 1. The molecule has 2 atom stereocenters. The first-order valence-electron chi connectivity index (χ1n) is 6.96. The van der Waals surface area contributed by atoms with E-state index in [0.717, 1.165) is 0 Å². The molecule has 0 radical (unpaired) electrons. The van der Waals surface area contributed by atoms with E-state index < -0.39 is 17.7 Å². The van der Waals surface area contributed by atoms with E-state index >= 15 is 0 Å². The van der Waals surface area contributed by atoms with E-state index in [1.54, 1.807) is 36.4 Å². The van der Waals surface area contributed by atoms with Crippen LogP contribution in [0.3, 0.4) is 0 Å². The molecule has 1 aromatic heterocycles. The maximum absolute atomic E-state index is 12.4. The van der Waals surface area contributed by atoms with Crippen molar-refractivity contribution in [1.82, 2.24) is 0 Å². The Morgan fingerprint density at radius 2 is 2.00 bits per heavy atom. The highest BCUT2D eigenvalue weighted by Crippen LogP contribution is 2.30. The molecule has 1 amide bonds. The van der Waals surface area contributed by atoms with Crippen LogP contribution in [0.25, 0.3) is 0 Å². The third kappa shape index (κ3) is 3.77. The second-order valence-electron chi connectivity index (χ2n) is 4.99. The molecule has 0 fully saturated rings. The minimum atomic E-state index is -1.14. The number of methoxy groups -OCH3 is 1. The molecular formula is C17H16N2O4. The van der Waals surface area contributed by atoms with Gasteiger partial charge in [-0.05, 0) is 36.4 Å². The van der Waals surface area contributed by atoms with E-state index in [0.29, 0.717) is 17.1 Å². The van der Waals surface area contributed by atoms with Gasteiger partial charge < -0.3 is 14.9 Å².